The second-order valence-electron chi connectivity index (χ2n) is 7.41. The van der Waals surface area contributed by atoms with Crippen LogP contribution in [0.25, 0.3) is 0 Å². The molecule has 2 aliphatic rings. The van der Waals surface area contributed by atoms with Gasteiger partial charge >= 0.3 is 6.09 Å². The Kier molecular flexibility index (Phi) is 4.12. The molecule has 4 heteroatoms. The number of ketones is 1. The summed E-state index contributed by atoms with van der Waals surface area (Å²) in [5.41, 5.74) is -0.453. The SMILES string of the molecule is CC(=O)C1(C2CCC(NC(=O)OC(C)(C)C)CC2)CC1. The van der Waals surface area contributed by atoms with E-state index < -0.39 is 5.60 Å². The van der Waals surface area contributed by atoms with Crippen molar-refractivity contribution in [3.8, 4) is 0 Å². The number of ether oxygens (including phenoxy) is 1. The molecule has 2 fully saturated rings. The Hall–Kier alpha value is -1.06. The highest BCUT2D eigenvalue weighted by Crippen LogP contribution is 2.56. The topological polar surface area (TPSA) is 55.4 Å². The van der Waals surface area contributed by atoms with Crippen LogP contribution < -0.4 is 5.32 Å². The fourth-order valence-corrected chi connectivity index (χ4v) is 3.45. The van der Waals surface area contributed by atoms with Crippen LogP contribution in [0.4, 0.5) is 4.79 Å². The number of rotatable bonds is 3. The molecule has 0 saturated heterocycles. The molecule has 2 saturated carbocycles. The Bertz CT molecular complexity index is 385. The molecule has 0 bridgehead atoms. The minimum absolute atomic E-state index is 0.00309. The number of hydrogen-bond donors (Lipinski definition) is 1. The zero-order chi connectivity index (χ0) is 15.0. The van der Waals surface area contributed by atoms with E-state index in [1.54, 1.807) is 6.92 Å². The molecule has 0 radical (unpaired) electrons. The number of hydrogen-bond acceptors (Lipinski definition) is 3. The molecule has 2 aliphatic carbocycles. The number of amides is 1. The van der Waals surface area contributed by atoms with Gasteiger partial charge in [-0.3, -0.25) is 4.79 Å². The molecule has 4 nitrogen and oxygen atoms in total. The maximum Gasteiger partial charge on any atom is 0.407 e. The van der Waals surface area contributed by atoms with E-state index in [0.29, 0.717) is 11.7 Å². The van der Waals surface area contributed by atoms with Crippen LogP contribution in [0.15, 0.2) is 0 Å². The third kappa shape index (κ3) is 3.53. The van der Waals surface area contributed by atoms with Crippen LogP contribution in [0.1, 0.15) is 66.2 Å². The Morgan fingerprint density at radius 3 is 2.05 bits per heavy atom. The first kappa shape index (κ1) is 15.3. The summed E-state index contributed by atoms with van der Waals surface area (Å²) < 4.78 is 5.28. The van der Waals surface area contributed by atoms with Crippen LogP contribution in [0.3, 0.4) is 0 Å². The van der Waals surface area contributed by atoms with Crippen LogP contribution in [-0.2, 0) is 9.53 Å². The molecule has 0 spiro atoms. The van der Waals surface area contributed by atoms with Gasteiger partial charge < -0.3 is 10.1 Å². The second-order valence-corrected chi connectivity index (χ2v) is 7.41. The first-order chi connectivity index (χ1) is 9.23. The lowest BCUT2D eigenvalue weighted by Crippen LogP contribution is -2.42. The van der Waals surface area contributed by atoms with Crippen molar-refractivity contribution >= 4 is 11.9 Å². The van der Waals surface area contributed by atoms with Gasteiger partial charge in [0.2, 0.25) is 0 Å². The highest BCUT2D eigenvalue weighted by atomic mass is 16.6. The zero-order valence-corrected chi connectivity index (χ0v) is 13.1. The number of carbonyl (C=O) groups is 2. The van der Waals surface area contributed by atoms with Gasteiger partial charge in [0.25, 0.3) is 0 Å². The smallest absolute Gasteiger partial charge is 0.407 e. The quantitative estimate of drug-likeness (QED) is 0.862. The summed E-state index contributed by atoms with van der Waals surface area (Å²) >= 11 is 0. The minimum Gasteiger partial charge on any atom is -0.444 e. The number of alkyl carbamates (subject to hydrolysis) is 1. The first-order valence-electron chi connectivity index (χ1n) is 7.73. The van der Waals surface area contributed by atoms with Crippen molar-refractivity contribution in [2.24, 2.45) is 11.3 Å². The van der Waals surface area contributed by atoms with Gasteiger partial charge in [-0.25, -0.2) is 4.79 Å². The van der Waals surface area contributed by atoms with Crippen molar-refractivity contribution < 1.29 is 14.3 Å². The second kappa shape index (κ2) is 5.38. The molecule has 0 aliphatic heterocycles. The molecule has 0 atom stereocenters. The van der Waals surface area contributed by atoms with Gasteiger partial charge in [0, 0.05) is 11.5 Å². The van der Waals surface area contributed by atoms with Crippen molar-refractivity contribution in [3.05, 3.63) is 0 Å². The minimum atomic E-state index is -0.450. The van der Waals surface area contributed by atoms with Crippen molar-refractivity contribution in [2.75, 3.05) is 0 Å². The molecule has 0 aromatic heterocycles. The normalized spacial score (nSPS) is 28.6. The van der Waals surface area contributed by atoms with Gasteiger partial charge in [0.05, 0.1) is 0 Å². The molecule has 0 aromatic rings. The summed E-state index contributed by atoms with van der Waals surface area (Å²) in [5.74, 6) is 0.887. The fraction of sp³-hybridized carbons (Fsp3) is 0.875. The number of Topliss-reactive ketones (excluding diaryl/α,β-unsaturated/α-hetero) is 1. The third-order valence-corrected chi connectivity index (χ3v) is 4.72. The van der Waals surface area contributed by atoms with Gasteiger partial charge in [-0.15, -0.1) is 0 Å². The lowest BCUT2D eigenvalue weighted by molar-refractivity contribution is -0.124. The van der Waals surface area contributed by atoms with E-state index >= 15 is 0 Å². The van der Waals surface area contributed by atoms with Gasteiger partial charge in [0.1, 0.15) is 11.4 Å². The molecule has 20 heavy (non-hydrogen) atoms. The van der Waals surface area contributed by atoms with Crippen molar-refractivity contribution in [1.82, 2.24) is 5.32 Å². The lowest BCUT2D eigenvalue weighted by atomic mass is 9.74. The molecule has 114 valence electrons. The monoisotopic (exact) mass is 281 g/mol. The van der Waals surface area contributed by atoms with E-state index in [-0.39, 0.29) is 17.6 Å². The van der Waals surface area contributed by atoms with Crippen LogP contribution in [-0.4, -0.2) is 23.5 Å². The largest absolute Gasteiger partial charge is 0.444 e. The number of nitrogens with one attached hydrogen (secondary N) is 1. The standard InChI is InChI=1S/C16H27NO3/c1-11(18)16(9-10-16)12-5-7-13(8-6-12)17-14(19)20-15(2,3)4/h12-13H,5-10H2,1-4H3,(H,17,19). The Morgan fingerprint density at radius 1 is 1.10 bits per heavy atom. The Labute approximate surface area is 121 Å². The predicted molar refractivity (Wildman–Crippen MR) is 77.5 cm³/mol. The van der Waals surface area contributed by atoms with E-state index in [1.807, 2.05) is 20.8 Å². The first-order valence-corrected chi connectivity index (χ1v) is 7.73. The molecule has 0 heterocycles. The summed E-state index contributed by atoms with van der Waals surface area (Å²) in [6, 6.07) is 0.198. The van der Waals surface area contributed by atoms with Crippen LogP contribution >= 0.6 is 0 Å². The van der Waals surface area contributed by atoms with Crippen LogP contribution in [0.2, 0.25) is 0 Å². The summed E-state index contributed by atoms with van der Waals surface area (Å²) in [6.07, 6.45) is 5.81. The van der Waals surface area contributed by atoms with Crippen molar-refractivity contribution in [1.29, 1.82) is 0 Å². The average Bonchev–Trinajstić information content (AvgIpc) is 3.08. The maximum absolute atomic E-state index is 11.8. The lowest BCUT2D eigenvalue weighted by Gasteiger charge is -2.33. The summed E-state index contributed by atoms with van der Waals surface area (Å²) in [6.45, 7) is 7.34. The Balaban J connectivity index is 1.78. The van der Waals surface area contributed by atoms with Crippen molar-refractivity contribution in [3.63, 3.8) is 0 Å². The Morgan fingerprint density at radius 2 is 1.65 bits per heavy atom. The van der Waals surface area contributed by atoms with E-state index in [4.69, 9.17) is 4.74 Å². The molecular formula is C16H27NO3. The summed E-state index contributed by atoms with van der Waals surface area (Å²) in [5, 5.41) is 2.95. The van der Waals surface area contributed by atoms with E-state index in [0.717, 1.165) is 38.5 Å². The summed E-state index contributed by atoms with van der Waals surface area (Å²) in [4.78, 5) is 23.5. The van der Waals surface area contributed by atoms with E-state index in [9.17, 15) is 9.59 Å². The highest BCUT2D eigenvalue weighted by molar-refractivity contribution is 5.85. The molecule has 2 rings (SSSR count). The zero-order valence-electron chi connectivity index (χ0n) is 13.1. The van der Waals surface area contributed by atoms with Crippen molar-refractivity contribution in [2.45, 2.75) is 77.9 Å². The number of carbonyl (C=O) groups excluding carboxylic acids is 2. The molecular weight excluding hydrogens is 254 g/mol. The molecule has 0 unspecified atom stereocenters. The summed E-state index contributed by atoms with van der Waals surface area (Å²) in [7, 11) is 0. The highest BCUT2D eigenvalue weighted by Gasteiger charge is 2.53. The van der Waals surface area contributed by atoms with Crippen LogP contribution in [0.5, 0.6) is 0 Å². The molecule has 1 amide bonds. The molecule has 0 aromatic carbocycles. The maximum atomic E-state index is 11.8. The third-order valence-electron chi connectivity index (χ3n) is 4.72. The molecule has 1 N–H and O–H groups in total. The predicted octanol–water partition coefficient (Wildman–Crippen LogP) is 3.44. The van der Waals surface area contributed by atoms with Gasteiger partial charge in [-0.1, -0.05) is 0 Å². The van der Waals surface area contributed by atoms with Crippen LogP contribution in [0, 0.1) is 11.3 Å². The van der Waals surface area contributed by atoms with Gasteiger partial charge in [0.15, 0.2) is 0 Å². The van der Waals surface area contributed by atoms with E-state index in [2.05, 4.69) is 5.32 Å². The average molecular weight is 281 g/mol. The van der Waals surface area contributed by atoms with E-state index in [1.165, 1.54) is 0 Å². The fourth-order valence-electron chi connectivity index (χ4n) is 3.45. The van der Waals surface area contributed by atoms with Gasteiger partial charge in [-0.2, -0.15) is 0 Å². The van der Waals surface area contributed by atoms with Gasteiger partial charge in [-0.05, 0) is 72.1 Å².